The zero-order valence-electron chi connectivity index (χ0n) is 14.6. The molecule has 1 fully saturated rings. The van der Waals surface area contributed by atoms with Crippen molar-refractivity contribution in [1.82, 2.24) is 10.0 Å². The maximum Gasteiger partial charge on any atom is 0.265 e. The highest BCUT2D eigenvalue weighted by Gasteiger charge is 2.24. The van der Waals surface area contributed by atoms with Crippen molar-refractivity contribution in [3.63, 3.8) is 0 Å². The van der Waals surface area contributed by atoms with Crippen LogP contribution < -0.4 is 10.0 Å². The molecule has 0 heterocycles. The van der Waals surface area contributed by atoms with Crippen molar-refractivity contribution >= 4 is 21.8 Å². The highest BCUT2D eigenvalue weighted by molar-refractivity contribution is 7.90. The van der Waals surface area contributed by atoms with E-state index in [1.54, 1.807) is 19.1 Å². The average Bonchev–Trinajstić information content (AvgIpc) is 3.40. The summed E-state index contributed by atoms with van der Waals surface area (Å²) >= 11 is 0. The van der Waals surface area contributed by atoms with Gasteiger partial charge in [-0.1, -0.05) is 17.7 Å². The second-order valence-corrected chi connectivity index (χ2v) is 8.21. The summed E-state index contributed by atoms with van der Waals surface area (Å²) in [5.41, 5.74) is 2.25. The first-order valence-electron chi connectivity index (χ1n) is 8.31. The van der Waals surface area contributed by atoms with Crippen LogP contribution in [-0.2, 0) is 10.0 Å². The summed E-state index contributed by atoms with van der Waals surface area (Å²) < 4.78 is 27.0. The lowest BCUT2D eigenvalue weighted by Crippen LogP contribution is -2.31. The van der Waals surface area contributed by atoms with Crippen LogP contribution in [0, 0.1) is 13.8 Å². The van der Waals surface area contributed by atoms with Crippen molar-refractivity contribution in [2.45, 2.75) is 37.6 Å². The van der Waals surface area contributed by atoms with Crippen LogP contribution in [-0.4, -0.2) is 26.3 Å². The van der Waals surface area contributed by atoms with Gasteiger partial charge in [0.1, 0.15) is 0 Å². The molecule has 2 aromatic carbocycles. The van der Waals surface area contributed by atoms with E-state index in [1.807, 2.05) is 13.0 Å². The zero-order chi connectivity index (χ0) is 18.9. The summed E-state index contributed by atoms with van der Waals surface area (Å²) in [6.45, 7) is 3.57. The van der Waals surface area contributed by atoms with Crippen LogP contribution in [0.3, 0.4) is 0 Å². The molecule has 0 aromatic heterocycles. The van der Waals surface area contributed by atoms with Gasteiger partial charge in [-0.25, -0.2) is 13.1 Å². The Bertz CT molecular complexity index is 962. The molecule has 0 radical (unpaired) electrons. The SMILES string of the molecule is Cc1ccc(C)c(C(=O)NS(=O)(=O)c2ccc(C(=O)NC3CC3)cc2)c1. The molecule has 0 aliphatic heterocycles. The third-order valence-corrected chi connectivity index (χ3v) is 5.55. The smallest absolute Gasteiger partial charge is 0.265 e. The highest BCUT2D eigenvalue weighted by atomic mass is 32.2. The number of aryl methyl sites for hydroxylation is 2. The van der Waals surface area contributed by atoms with Crippen molar-refractivity contribution in [3.8, 4) is 0 Å². The summed E-state index contributed by atoms with van der Waals surface area (Å²) in [5, 5.41) is 2.84. The van der Waals surface area contributed by atoms with Gasteiger partial charge >= 0.3 is 0 Å². The summed E-state index contributed by atoms with van der Waals surface area (Å²) in [4.78, 5) is 24.2. The minimum Gasteiger partial charge on any atom is -0.349 e. The van der Waals surface area contributed by atoms with E-state index >= 15 is 0 Å². The molecule has 1 aliphatic carbocycles. The monoisotopic (exact) mass is 372 g/mol. The van der Waals surface area contributed by atoms with Crippen LogP contribution in [0.1, 0.15) is 44.7 Å². The molecule has 0 spiro atoms. The fraction of sp³-hybridized carbons (Fsp3) is 0.263. The van der Waals surface area contributed by atoms with E-state index in [1.165, 1.54) is 24.3 Å². The van der Waals surface area contributed by atoms with Crippen LogP contribution in [0.4, 0.5) is 0 Å². The Morgan fingerprint density at radius 1 is 0.962 bits per heavy atom. The first kappa shape index (κ1) is 18.1. The number of nitrogens with one attached hydrogen (secondary N) is 2. The molecule has 0 bridgehead atoms. The molecule has 2 N–H and O–H groups in total. The predicted octanol–water partition coefficient (Wildman–Crippen LogP) is 2.31. The van der Waals surface area contributed by atoms with Crippen LogP contribution in [0.15, 0.2) is 47.4 Å². The minimum atomic E-state index is -4.02. The van der Waals surface area contributed by atoms with Crippen molar-refractivity contribution in [2.75, 3.05) is 0 Å². The number of amides is 2. The van der Waals surface area contributed by atoms with Gasteiger partial charge in [-0.15, -0.1) is 0 Å². The van der Waals surface area contributed by atoms with Crippen LogP contribution in [0.2, 0.25) is 0 Å². The number of hydrogen-bond donors (Lipinski definition) is 2. The quantitative estimate of drug-likeness (QED) is 0.842. The largest absolute Gasteiger partial charge is 0.349 e. The molecular formula is C19H20N2O4S. The van der Waals surface area contributed by atoms with Crippen molar-refractivity contribution < 1.29 is 18.0 Å². The van der Waals surface area contributed by atoms with Gasteiger partial charge < -0.3 is 5.32 Å². The molecule has 0 unspecified atom stereocenters. The molecule has 1 aliphatic rings. The normalized spacial score (nSPS) is 13.9. The lowest BCUT2D eigenvalue weighted by atomic mass is 10.1. The second-order valence-electron chi connectivity index (χ2n) is 6.53. The second kappa shape index (κ2) is 6.92. The van der Waals surface area contributed by atoms with Gasteiger partial charge in [0.25, 0.3) is 21.8 Å². The third-order valence-electron chi connectivity index (χ3n) is 4.20. The van der Waals surface area contributed by atoms with E-state index in [9.17, 15) is 18.0 Å². The van der Waals surface area contributed by atoms with E-state index in [4.69, 9.17) is 0 Å². The summed E-state index contributed by atoms with van der Waals surface area (Å²) in [6, 6.07) is 11.0. The first-order chi connectivity index (χ1) is 12.3. The van der Waals surface area contributed by atoms with E-state index in [0.29, 0.717) is 16.7 Å². The molecule has 136 valence electrons. The number of carbonyl (C=O) groups excluding carboxylic acids is 2. The molecule has 2 amide bonds. The van der Waals surface area contributed by atoms with E-state index in [0.717, 1.165) is 18.4 Å². The Morgan fingerprint density at radius 2 is 1.62 bits per heavy atom. The molecule has 26 heavy (non-hydrogen) atoms. The molecular weight excluding hydrogens is 352 g/mol. The Hall–Kier alpha value is -2.67. The van der Waals surface area contributed by atoms with E-state index < -0.39 is 15.9 Å². The molecule has 1 saturated carbocycles. The Balaban J connectivity index is 1.76. The van der Waals surface area contributed by atoms with Gasteiger partial charge in [0, 0.05) is 17.2 Å². The van der Waals surface area contributed by atoms with E-state index in [-0.39, 0.29) is 16.8 Å². The third kappa shape index (κ3) is 4.11. The zero-order valence-corrected chi connectivity index (χ0v) is 15.4. The Labute approximate surface area is 152 Å². The average molecular weight is 372 g/mol. The molecule has 3 rings (SSSR count). The molecule has 0 saturated heterocycles. The Kier molecular flexibility index (Phi) is 4.82. The Morgan fingerprint density at radius 3 is 2.23 bits per heavy atom. The number of carbonyl (C=O) groups is 2. The molecule has 2 aromatic rings. The maximum atomic E-state index is 12.4. The van der Waals surface area contributed by atoms with E-state index in [2.05, 4.69) is 10.0 Å². The molecule has 6 nitrogen and oxygen atoms in total. The van der Waals surface area contributed by atoms with Gasteiger partial charge in [-0.3, -0.25) is 9.59 Å². The van der Waals surface area contributed by atoms with Gasteiger partial charge in [0.05, 0.1) is 4.90 Å². The van der Waals surface area contributed by atoms with Crippen molar-refractivity contribution in [3.05, 3.63) is 64.7 Å². The molecule has 7 heteroatoms. The molecule has 0 atom stereocenters. The topological polar surface area (TPSA) is 92.3 Å². The van der Waals surface area contributed by atoms with Gasteiger partial charge in [0.2, 0.25) is 0 Å². The summed E-state index contributed by atoms with van der Waals surface area (Å²) in [6.07, 6.45) is 1.95. The predicted molar refractivity (Wildman–Crippen MR) is 97.5 cm³/mol. The summed E-state index contributed by atoms with van der Waals surface area (Å²) in [7, 11) is -4.02. The van der Waals surface area contributed by atoms with Gasteiger partial charge in [-0.2, -0.15) is 0 Å². The van der Waals surface area contributed by atoms with Crippen LogP contribution in [0.25, 0.3) is 0 Å². The maximum absolute atomic E-state index is 12.4. The number of rotatable bonds is 5. The van der Waals surface area contributed by atoms with Crippen LogP contribution >= 0.6 is 0 Å². The first-order valence-corrected chi connectivity index (χ1v) is 9.80. The number of hydrogen-bond acceptors (Lipinski definition) is 4. The number of benzene rings is 2. The minimum absolute atomic E-state index is 0.0703. The summed E-state index contributed by atoms with van der Waals surface area (Å²) in [5.74, 6) is -0.905. The standard InChI is InChI=1S/C19H20N2O4S/c1-12-3-4-13(2)17(11-12)19(23)21-26(24,25)16-9-5-14(6-10-16)18(22)20-15-7-8-15/h3-6,9-11,15H,7-8H2,1-2H3,(H,20,22)(H,21,23). The van der Waals surface area contributed by atoms with Crippen molar-refractivity contribution in [2.24, 2.45) is 0 Å². The van der Waals surface area contributed by atoms with Crippen LogP contribution in [0.5, 0.6) is 0 Å². The lowest BCUT2D eigenvalue weighted by Gasteiger charge is -2.10. The van der Waals surface area contributed by atoms with Gasteiger partial charge in [0.15, 0.2) is 0 Å². The fourth-order valence-corrected chi connectivity index (χ4v) is 3.46. The fourth-order valence-electron chi connectivity index (χ4n) is 2.50. The van der Waals surface area contributed by atoms with Crippen molar-refractivity contribution in [1.29, 1.82) is 0 Å². The highest BCUT2D eigenvalue weighted by Crippen LogP contribution is 2.20. The number of sulfonamides is 1. The van der Waals surface area contributed by atoms with Gasteiger partial charge in [-0.05, 0) is 62.6 Å². The lowest BCUT2D eigenvalue weighted by molar-refractivity contribution is 0.0948.